The van der Waals surface area contributed by atoms with Gasteiger partial charge in [0.15, 0.2) is 0 Å². The Balaban J connectivity index is 2.37. The lowest BCUT2D eigenvalue weighted by molar-refractivity contribution is -0.144. The molecular weight excluding hydrogens is 242 g/mol. The van der Waals surface area contributed by atoms with Crippen molar-refractivity contribution in [2.45, 2.75) is 31.6 Å². The van der Waals surface area contributed by atoms with Gasteiger partial charge in [0.05, 0.1) is 12.0 Å². The highest BCUT2D eigenvalue weighted by Crippen LogP contribution is 2.36. The van der Waals surface area contributed by atoms with Gasteiger partial charge < -0.3 is 15.2 Å². The number of ether oxygens (including phenoxy) is 1. The van der Waals surface area contributed by atoms with E-state index in [9.17, 15) is 9.90 Å². The monoisotopic (exact) mass is 263 g/mol. The lowest BCUT2D eigenvalue weighted by Gasteiger charge is -2.28. The fourth-order valence-electron chi connectivity index (χ4n) is 2.74. The van der Waals surface area contributed by atoms with E-state index in [0.29, 0.717) is 19.4 Å². The molecule has 104 valence electrons. The number of rotatable bonds is 4. The van der Waals surface area contributed by atoms with E-state index in [2.05, 4.69) is 5.32 Å². The van der Waals surface area contributed by atoms with Crippen molar-refractivity contribution in [3.05, 3.63) is 29.8 Å². The molecule has 0 aromatic heterocycles. The summed E-state index contributed by atoms with van der Waals surface area (Å²) in [5.41, 5.74) is 0.0750. The maximum atomic E-state index is 11.8. The fourth-order valence-corrected chi connectivity index (χ4v) is 2.74. The molecule has 19 heavy (non-hydrogen) atoms. The molecule has 1 aliphatic rings. The Morgan fingerprint density at radius 3 is 3.00 bits per heavy atom. The molecule has 1 heterocycles. The van der Waals surface area contributed by atoms with Gasteiger partial charge in [0.1, 0.15) is 5.75 Å². The van der Waals surface area contributed by atoms with Crippen molar-refractivity contribution in [2.75, 3.05) is 19.7 Å². The van der Waals surface area contributed by atoms with Crippen molar-refractivity contribution >= 4 is 5.97 Å². The average Bonchev–Trinajstić information content (AvgIpc) is 2.66. The minimum atomic E-state index is -0.781. The van der Waals surface area contributed by atoms with Gasteiger partial charge in [-0.15, -0.1) is 0 Å². The minimum absolute atomic E-state index is 0.588. The van der Waals surface area contributed by atoms with E-state index >= 15 is 0 Å². The Labute approximate surface area is 113 Å². The number of aliphatic carboxylic acids is 1. The number of benzene rings is 1. The van der Waals surface area contributed by atoms with Crippen LogP contribution in [0.25, 0.3) is 0 Å². The van der Waals surface area contributed by atoms with Gasteiger partial charge in [-0.05, 0) is 57.0 Å². The third-order valence-corrected chi connectivity index (χ3v) is 3.79. The van der Waals surface area contributed by atoms with Crippen LogP contribution in [0.2, 0.25) is 0 Å². The summed E-state index contributed by atoms with van der Waals surface area (Å²) in [5.74, 6) is 0.0164. The second-order valence-electron chi connectivity index (χ2n) is 4.95. The van der Waals surface area contributed by atoms with Gasteiger partial charge in [-0.2, -0.15) is 0 Å². The zero-order valence-electron chi connectivity index (χ0n) is 11.3. The summed E-state index contributed by atoms with van der Waals surface area (Å²) in [4.78, 5) is 11.8. The minimum Gasteiger partial charge on any atom is -0.494 e. The summed E-state index contributed by atoms with van der Waals surface area (Å²) < 4.78 is 5.48. The maximum absolute atomic E-state index is 11.8. The van der Waals surface area contributed by atoms with Crippen LogP contribution in [0.5, 0.6) is 5.75 Å². The molecule has 0 radical (unpaired) electrons. The summed E-state index contributed by atoms with van der Waals surface area (Å²) in [7, 11) is 0. The topological polar surface area (TPSA) is 58.6 Å². The molecule has 2 rings (SSSR count). The molecule has 1 aromatic rings. The first-order chi connectivity index (χ1) is 9.19. The highest BCUT2D eigenvalue weighted by atomic mass is 16.5. The quantitative estimate of drug-likeness (QED) is 0.874. The van der Waals surface area contributed by atoms with Gasteiger partial charge >= 0.3 is 5.97 Å². The highest BCUT2D eigenvalue weighted by Gasteiger charge is 2.40. The van der Waals surface area contributed by atoms with Crippen LogP contribution in [0, 0.1) is 0 Å². The van der Waals surface area contributed by atoms with Gasteiger partial charge in [0.2, 0.25) is 0 Å². The Bertz CT molecular complexity index is 437. The molecule has 4 nitrogen and oxygen atoms in total. The van der Waals surface area contributed by atoms with E-state index in [-0.39, 0.29) is 0 Å². The third-order valence-electron chi connectivity index (χ3n) is 3.79. The van der Waals surface area contributed by atoms with Crippen molar-refractivity contribution in [1.82, 2.24) is 5.32 Å². The largest absolute Gasteiger partial charge is 0.494 e. The number of hydrogen-bond donors (Lipinski definition) is 2. The summed E-state index contributed by atoms with van der Waals surface area (Å²) in [6.45, 7) is 4.14. The molecule has 0 amide bonds. The molecule has 0 bridgehead atoms. The number of hydrogen-bond acceptors (Lipinski definition) is 3. The molecule has 0 aliphatic carbocycles. The first-order valence-corrected chi connectivity index (χ1v) is 6.86. The highest BCUT2D eigenvalue weighted by molar-refractivity contribution is 5.81. The van der Waals surface area contributed by atoms with Crippen LogP contribution in [0.15, 0.2) is 24.3 Å². The maximum Gasteiger partial charge on any atom is 0.314 e. The Morgan fingerprint density at radius 1 is 1.42 bits per heavy atom. The van der Waals surface area contributed by atoms with E-state index in [1.807, 2.05) is 31.2 Å². The van der Waals surface area contributed by atoms with Gasteiger partial charge in [0.25, 0.3) is 0 Å². The molecular formula is C15H21NO3. The van der Waals surface area contributed by atoms with Crippen molar-refractivity contribution in [3.8, 4) is 5.75 Å². The SMILES string of the molecule is CCOc1cccc(C2(C(=O)O)CCCNCC2)c1. The number of nitrogens with one attached hydrogen (secondary N) is 1. The molecule has 0 spiro atoms. The van der Waals surface area contributed by atoms with Crippen molar-refractivity contribution in [2.24, 2.45) is 0 Å². The van der Waals surface area contributed by atoms with Gasteiger partial charge in [0, 0.05) is 0 Å². The normalized spacial score (nSPS) is 23.6. The zero-order chi connectivity index (χ0) is 13.7. The predicted octanol–water partition coefficient (Wildman–Crippen LogP) is 2.18. The molecule has 2 N–H and O–H groups in total. The molecule has 1 saturated heterocycles. The number of carbonyl (C=O) groups is 1. The van der Waals surface area contributed by atoms with Gasteiger partial charge in [-0.3, -0.25) is 4.79 Å². The van der Waals surface area contributed by atoms with Crippen LogP contribution in [-0.4, -0.2) is 30.8 Å². The molecule has 1 aromatic carbocycles. The Hall–Kier alpha value is -1.55. The summed E-state index contributed by atoms with van der Waals surface area (Å²) in [6, 6.07) is 7.53. The van der Waals surface area contributed by atoms with Crippen LogP contribution < -0.4 is 10.1 Å². The molecule has 4 heteroatoms. The van der Waals surface area contributed by atoms with Crippen molar-refractivity contribution < 1.29 is 14.6 Å². The Kier molecular flexibility index (Phi) is 4.43. The fraction of sp³-hybridized carbons (Fsp3) is 0.533. The lowest BCUT2D eigenvalue weighted by atomic mass is 9.74. The molecule has 1 unspecified atom stereocenters. The molecule has 1 atom stereocenters. The average molecular weight is 263 g/mol. The van der Waals surface area contributed by atoms with E-state index < -0.39 is 11.4 Å². The summed E-state index contributed by atoms with van der Waals surface area (Å²) >= 11 is 0. The first kappa shape index (κ1) is 13.9. The summed E-state index contributed by atoms with van der Waals surface area (Å²) in [5, 5.41) is 13.0. The second kappa shape index (κ2) is 6.06. The van der Waals surface area contributed by atoms with E-state index in [4.69, 9.17) is 4.74 Å². The number of carboxylic acid groups (broad SMARTS) is 1. The van der Waals surface area contributed by atoms with Gasteiger partial charge in [-0.25, -0.2) is 0 Å². The lowest BCUT2D eigenvalue weighted by Crippen LogP contribution is -2.36. The van der Waals surface area contributed by atoms with Crippen LogP contribution in [-0.2, 0) is 10.2 Å². The van der Waals surface area contributed by atoms with E-state index in [0.717, 1.165) is 30.8 Å². The zero-order valence-corrected chi connectivity index (χ0v) is 11.3. The standard InChI is InChI=1S/C15H21NO3/c1-2-19-13-6-3-5-12(11-13)15(14(17)18)7-4-9-16-10-8-15/h3,5-6,11,16H,2,4,7-10H2,1H3,(H,17,18). The Morgan fingerprint density at radius 2 is 2.26 bits per heavy atom. The van der Waals surface area contributed by atoms with Gasteiger partial charge in [-0.1, -0.05) is 12.1 Å². The van der Waals surface area contributed by atoms with Crippen molar-refractivity contribution in [3.63, 3.8) is 0 Å². The molecule has 0 saturated carbocycles. The predicted molar refractivity (Wildman–Crippen MR) is 73.6 cm³/mol. The first-order valence-electron chi connectivity index (χ1n) is 6.86. The van der Waals surface area contributed by atoms with Crippen LogP contribution in [0.3, 0.4) is 0 Å². The number of carboxylic acids is 1. The van der Waals surface area contributed by atoms with E-state index in [1.54, 1.807) is 0 Å². The molecule has 1 aliphatic heterocycles. The van der Waals surface area contributed by atoms with Crippen molar-refractivity contribution in [1.29, 1.82) is 0 Å². The third kappa shape index (κ3) is 2.89. The smallest absolute Gasteiger partial charge is 0.314 e. The second-order valence-corrected chi connectivity index (χ2v) is 4.95. The van der Waals surface area contributed by atoms with Crippen LogP contribution in [0.1, 0.15) is 31.7 Å². The molecule has 1 fully saturated rings. The van der Waals surface area contributed by atoms with Crippen LogP contribution >= 0.6 is 0 Å². The van der Waals surface area contributed by atoms with Crippen LogP contribution in [0.4, 0.5) is 0 Å². The van der Waals surface area contributed by atoms with E-state index in [1.165, 1.54) is 0 Å². The summed E-state index contributed by atoms with van der Waals surface area (Å²) in [6.07, 6.45) is 2.17.